The van der Waals surface area contributed by atoms with Crippen molar-refractivity contribution in [2.45, 2.75) is 26.1 Å². The van der Waals surface area contributed by atoms with Crippen LogP contribution in [-0.4, -0.2) is 23.2 Å². The maximum Gasteiger partial charge on any atom is 0.408 e. The number of rotatable bonds is 3. The predicted octanol–water partition coefficient (Wildman–Crippen LogP) is 2.98. The number of carbonyl (C=O) groups is 1. The summed E-state index contributed by atoms with van der Waals surface area (Å²) in [6, 6.07) is 0.810. The summed E-state index contributed by atoms with van der Waals surface area (Å²) >= 11 is 0. The smallest absolute Gasteiger partial charge is 0.326 e. The molecule has 110 valence electrons. The van der Waals surface area contributed by atoms with Crippen LogP contribution in [0.2, 0.25) is 0 Å². The molecule has 0 aliphatic heterocycles. The number of hydrogen-bond acceptors (Lipinski definition) is 3. The Morgan fingerprint density at radius 3 is 2.50 bits per heavy atom. The summed E-state index contributed by atoms with van der Waals surface area (Å²) in [5, 5.41) is 14.6. The topological polar surface area (TPSA) is 84.3 Å². The summed E-state index contributed by atoms with van der Waals surface area (Å²) in [7, 11) is 0. The van der Waals surface area contributed by atoms with Crippen LogP contribution in [0.25, 0.3) is 0 Å². The number of nitro benzene ring substituents is 1. The number of nitro groups is 1. The normalized spacial score (nSPS) is 12.7. The second-order valence-corrected chi connectivity index (χ2v) is 4.07. The fourth-order valence-corrected chi connectivity index (χ4v) is 1.39. The Labute approximate surface area is 112 Å². The molecule has 0 radical (unpaired) electrons. The van der Waals surface area contributed by atoms with Crippen molar-refractivity contribution in [2.24, 2.45) is 0 Å². The van der Waals surface area contributed by atoms with Crippen LogP contribution in [0.3, 0.4) is 0 Å². The molecule has 1 rings (SSSR count). The van der Waals surface area contributed by atoms with Crippen LogP contribution in [0.4, 0.5) is 29.3 Å². The Bertz CT molecular complexity index is 531. The number of benzene rings is 1. The lowest BCUT2D eigenvalue weighted by atomic mass is 10.1. The molecule has 1 atom stereocenters. The van der Waals surface area contributed by atoms with E-state index < -0.39 is 23.2 Å². The van der Waals surface area contributed by atoms with Gasteiger partial charge in [-0.1, -0.05) is 6.07 Å². The monoisotopic (exact) mass is 291 g/mol. The lowest BCUT2D eigenvalue weighted by Crippen LogP contribution is -2.45. The summed E-state index contributed by atoms with van der Waals surface area (Å²) in [6.45, 7) is 2.18. The third-order valence-electron chi connectivity index (χ3n) is 2.59. The van der Waals surface area contributed by atoms with E-state index in [-0.39, 0.29) is 16.9 Å². The van der Waals surface area contributed by atoms with E-state index in [4.69, 9.17) is 0 Å². The molecular formula is C11H12F3N3O3. The molecule has 0 bridgehead atoms. The summed E-state index contributed by atoms with van der Waals surface area (Å²) in [4.78, 5) is 21.5. The van der Waals surface area contributed by atoms with Crippen LogP contribution in [0.5, 0.6) is 0 Å². The molecule has 1 unspecified atom stereocenters. The van der Waals surface area contributed by atoms with E-state index in [0.717, 1.165) is 6.92 Å². The van der Waals surface area contributed by atoms with Crippen LogP contribution in [0.15, 0.2) is 18.2 Å². The molecule has 0 saturated heterocycles. The van der Waals surface area contributed by atoms with Crippen LogP contribution in [0, 0.1) is 17.0 Å². The number of alkyl halides is 3. The maximum atomic E-state index is 12.3. The van der Waals surface area contributed by atoms with E-state index in [1.165, 1.54) is 25.1 Å². The Kier molecular flexibility index (Phi) is 4.53. The highest BCUT2D eigenvalue weighted by Crippen LogP contribution is 2.25. The van der Waals surface area contributed by atoms with Crippen molar-refractivity contribution in [1.29, 1.82) is 0 Å². The van der Waals surface area contributed by atoms with Crippen molar-refractivity contribution in [1.82, 2.24) is 5.32 Å². The largest absolute Gasteiger partial charge is 0.408 e. The van der Waals surface area contributed by atoms with Gasteiger partial charge in [0.05, 0.1) is 16.2 Å². The van der Waals surface area contributed by atoms with E-state index in [1.54, 1.807) is 5.32 Å². The fraction of sp³-hybridized carbons (Fsp3) is 0.364. The van der Waals surface area contributed by atoms with Crippen molar-refractivity contribution in [2.75, 3.05) is 5.32 Å². The van der Waals surface area contributed by atoms with Crippen molar-refractivity contribution >= 4 is 17.4 Å². The van der Waals surface area contributed by atoms with E-state index in [0.29, 0.717) is 0 Å². The van der Waals surface area contributed by atoms with Gasteiger partial charge in [0.15, 0.2) is 0 Å². The van der Waals surface area contributed by atoms with Gasteiger partial charge in [0.1, 0.15) is 6.04 Å². The number of amides is 2. The van der Waals surface area contributed by atoms with Crippen LogP contribution in [0.1, 0.15) is 12.5 Å². The van der Waals surface area contributed by atoms with Crippen molar-refractivity contribution in [3.63, 3.8) is 0 Å². The summed E-state index contributed by atoms with van der Waals surface area (Å²) < 4.78 is 36.8. The molecule has 0 fully saturated rings. The van der Waals surface area contributed by atoms with Gasteiger partial charge in [-0.15, -0.1) is 0 Å². The minimum absolute atomic E-state index is 0.0751. The molecule has 0 spiro atoms. The Hall–Kier alpha value is -2.32. The minimum atomic E-state index is -4.56. The quantitative estimate of drug-likeness (QED) is 0.663. The van der Waals surface area contributed by atoms with Gasteiger partial charge >= 0.3 is 12.2 Å². The van der Waals surface area contributed by atoms with Crippen molar-refractivity contribution in [3.05, 3.63) is 33.9 Å². The standard InChI is InChI=1S/C11H12F3N3O3/c1-6-8(4-3-5-9(6)17(19)20)16-10(18)15-7(2)11(12,13)14/h3-5,7H,1-2H3,(H2,15,16,18). The number of nitrogens with one attached hydrogen (secondary N) is 2. The third-order valence-corrected chi connectivity index (χ3v) is 2.59. The molecule has 9 heteroatoms. The number of halogens is 3. The van der Waals surface area contributed by atoms with E-state index in [1.807, 2.05) is 0 Å². The molecule has 1 aromatic rings. The highest BCUT2D eigenvalue weighted by molar-refractivity contribution is 5.90. The average Bonchev–Trinajstić information content (AvgIpc) is 2.30. The minimum Gasteiger partial charge on any atom is -0.326 e. The van der Waals surface area contributed by atoms with E-state index in [9.17, 15) is 28.1 Å². The van der Waals surface area contributed by atoms with E-state index in [2.05, 4.69) is 5.32 Å². The first-order valence-electron chi connectivity index (χ1n) is 5.51. The lowest BCUT2D eigenvalue weighted by Gasteiger charge is -2.18. The van der Waals surface area contributed by atoms with Crippen molar-refractivity contribution < 1.29 is 22.9 Å². The lowest BCUT2D eigenvalue weighted by molar-refractivity contribution is -0.385. The molecule has 1 aromatic carbocycles. The summed E-state index contributed by atoms with van der Waals surface area (Å²) in [5.41, 5.74) is 0.00468. The van der Waals surface area contributed by atoms with Gasteiger partial charge in [0.2, 0.25) is 0 Å². The molecule has 0 saturated carbocycles. The SMILES string of the molecule is Cc1c(NC(=O)NC(C)C(F)(F)F)cccc1[N+](=O)[O-]. The molecule has 2 amide bonds. The van der Waals surface area contributed by atoms with E-state index >= 15 is 0 Å². The zero-order chi connectivity index (χ0) is 15.5. The zero-order valence-electron chi connectivity index (χ0n) is 10.6. The maximum absolute atomic E-state index is 12.3. The average molecular weight is 291 g/mol. The number of anilines is 1. The molecule has 6 nitrogen and oxygen atoms in total. The molecule has 2 N–H and O–H groups in total. The predicted molar refractivity (Wildman–Crippen MR) is 65.5 cm³/mol. The van der Waals surface area contributed by atoms with Crippen molar-refractivity contribution in [3.8, 4) is 0 Å². The van der Waals surface area contributed by atoms with Gasteiger partial charge in [-0.05, 0) is 19.9 Å². The highest BCUT2D eigenvalue weighted by atomic mass is 19.4. The van der Waals surface area contributed by atoms with Crippen LogP contribution < -0.4 is 10.6 Å². The second kappa shape index (κ2) is 5.76. The molecule has 0 heterocycles. The molecule has 0 aliphatic carbocycles. The Morgan fingerprint density at radius 1 is 1.40 bits per heavy atom. The number of carbonyl (C=O) groups excluding carboxylic acids is 1. The second-order valence-electron chi connectivity index (χ2n) is 4.07. The number of hydrogen-bond donors (Lipinski definition) is 2. The van der Waals surface area contributed by atoms with Gasteiger partial charge in [-0.3, -0.25) is 10.1 Å². The summed E-state index contributed by atoms with van der Waals surface area (Å²) in [5.74, 6) is 0. The summed E-state index contributed by atoms with van der Waals surface area (Å²) in [6.07, 6.45) is -4.56. The Morgan fingerprint density at radius 2 is 2.00 bits per heavy atom. The third kappa shape index (κ3) is 3.84. The molecular weight excluding hydrogens is 279 g/mol. The molecule has 0 aromatic heterocycles. The van der Waals surface area contributed by atoms with Gasteiger partial charge in [-0.25, -0.2) is 4.79 Å². The first-order chi connectivity index (χ1) is 9.12. The highest BCUT2D eigenvalue weighted by Gasteiger charge is 2.37. The number of nitrogens with zero attached hydrogens (tertiary/aromatic N) is 1. The molecule has 0 aliphatic rings. The van der Waals surface area contributed by atoms with Crippen LogP contribution >= 0.6 is 0 Å². The fourth-order valence-electron chi connectivity index (χ4n) is 1.39. The van der Waals surface area contributed by atoms with Gasteiger partial charge in [-0.2, -0.15) is 13.2 Å². The number of urea groups is 1. The Balaban J connectivity index is 2.82. The first-order valence-corrected chi connectivity index (χ1v) is 5.51. The zero-order valence-corrected chi connectivity index (χ0v) is 10.6. The van der Waals surface area contributed by atoms with Crippen LogP contribution in [-0.2, 0) is 0 Å². The van der Waals surface area contributed by atoms with Gasteiger partial charge in [0.25, 0.3) is 5.69 Å². The first kappa shape index (κ1) is 15.7. The molecule has 20 heavy (non-hydrogen) atoms. The van der Waals surface area contributed by atoms with Gasteiger partial charge in [0, 0.05) is 6.07 Å². The van der Waals surface area contributed by atoms with Gasteiger partial charge < -0.3 is 10.6 Å².